The molecule has 176 valence electrons. The van der Waals surface area contributed by atoms with E-state index in [1.54, 1.807) is 19.1 Å². The molecule has 34 heavy (non-hydrogen) atoms. The molecule has 7 heteroatoms. The number of amides is 3. The van der Waals surface area contributed by atoms with Crippen LogP contribution in [0.2, 0.25) is 0 Å². The van der Waals surface area contributed by atoms with Crippen LogP contribution in [-0.4, -0.2) is 44.1 Å². The van der Waals surface area contributed by atoms with Crippen molar-refractivity contribution in [2.45, 2.75) is 19.4 Å². The number of benzene rings is 3. The summed E-state index contributed by atoms with van der Waals surface area (Å²) < 4.78 is 10.5. The summed E-state index contributed by atoms with van der Waals surface area (Å²) in [4.78, 5) is 29.4. The van der Waals surface area contributed by atoms with Crippen molar-refractivity contribution in [1.82, 2.24) is 4.90 Å². The summed E-state index contributed by atoms with van der Waals surface area (Å²) in [5.41, 5.74) is 3.35. The number of hydrogen-bond acceptors (Lipinski definition) is 4. The van der Waals surface area contributed by atoms with E-state index in [1.165, 1.54) is 0 Å². The average molecular weight is 460 g/mol. The fourth-order valence-electron chi connectivity index (χ4n) is 4.04. The minimum atomic E-state index is -0.119. The molecule has 0 radical (unpaired) electrons. The number of nitrogens with one attached hydrogen (secondary N) is 1. The minimum Gasteiger partial charge on any atom is -0.497 e. The first-order chi connectivity index (χ1) is 16.6. The highest BCUT2D eigenvalue weighted by atomic mass is 16.5. The smallest absolute Gasteiger partial charge is 0.324 e. The van der Waals surface area contributed by atoms with E-state index in [0.29, 0.717) is 25.3 Å². The number of urea groups is 1. The minimum absolute atomic E-state index is 0.0456. The van der Waals surface area contributed by atoms with Gasteiger partial charge in [0.25, 0.3) is 0 Å². The fraction of sp³-hybridized carbons (Fsp3) is 0.259. The Morgan fingerprint density at radius 1 is 0.882 bits per heavy atom. The van der Waals surface area contributed by atoms with Crippen LogP contribution in [0.1, 0.15) is 17.5 Å². The van der Waals surface area contributed by atoms with Gasteiger partial charge in [-0.1, -0.05) is 30.3 Å². The third kappa shape index (κ3) is 5.67. The van der Waals surface area contributed by atoms with Gasteiger partial charge in [-0.3, -0.25) is 9.69 Å². The molecule has 0 bridgehead atoms. The number of methoxy groups -OCH3 is 2. The largest absolute Gasteiger partial charge is 0.497 e. The number of carbonyl (C=O) groups excluding carboxylic acids is 2. The predicted octanol–water partition coefficient (Wildman–Crippen LogP) is 4.72. The Kier molecular flexibility index (Phi) is 7.32. The van der Waals surface area contributed by atoms with E-state index >= 15 is 0 Å². The molecule has 3 aromatic carbocycles. The van der Waals surface area contributed by atoms with E-state index in [0.717, 1.165) is 34.7 Å². The van der Waals surface area contributed by atoms with Gasteiger partial charge in [0, 0.05) is 31.0 Å². The van der Waals surface area contributed by atoms with Crippen molar-refractivity contribution >= 4 is 23.3 Å². The van der Waals surface area contributed by atoms with Gasteiger partial charge < -0.3 is 19.7 Å². The van der Waals surface area contributed by atoms with E-state index in [-0.39, 0.29) is 18.4 Å². The maximum atomic E-state index is 13.2. The second-order valence-corrected chi connectivity index (χ2v) is 8.18. The Hall–Kier alpha value is -4.00. The molecule has 0 aromatic heterocycles. The predicted molar refractivity (Wildman–Crippen MR) is 133 cm³/mol. The molecule has 4 rings (SSSR count). The standard InChI is InChI=1S/C27H29N3O4/c1-33-24-12-10-20(11-13-24)17-26(31)28-22-7-4-8-23(18-22)30-15-5-14-29(27(30)32)19-21-6-3-9-25(16-21)34-2/h3-4,6-13,16,18H,5,14-15,17,19H2,1-2H3,(H,28,31). The van der Waals surface area contributed by atoms with E-state index in [1.807, 2.05) is 77.7 Å². The highest BCUT2D eigenvalue weighted by Gasteiger charge is 2.27. The topological polar surface area (TPSA) is 71.1 Å². The van der Waals surface area contributed by atoms with Crippen molar-refractivity contribution in [2.75, 3.05) is 37.5 Å². The second-order valence-electron chi connectivity index (χ2n) is 8.18. The molecule has 0 atom stereocenters. The molecule has 7 nitrogen and oxygen atoms in total. The maximum Gasteiger partial charge on any atom is 0.324 e. The summed E-state index contributed by atoms with van der Waals surface area (Å²) >= 11 is 0. The Morgan fingerprint density at radius 2 is 1.65 bits per heavy atom. The number of rotatable bonds is 8. The van der Waals surface area contributed by atoms with Crippen LogP contribution in [0, 0.1) is 0 Å². The summed E-state index contributed by atoms with van der Waals surface area (Å²) in [6, 6.07) is 22.6. The number of hydrogen-bond donors (Lipinski definition) is 1. The van der Waals surface area contributed by atoms with Gasteiger partial charge in [-0.25, -0.2) is 4.79 Å². The highest BCUT2D eigenvalue weighted by Crippen LogP contribution is 2.25. The molecule has 1 heterocycles. The summed E-state index contributed by atoms with van der Waals surface area (Å²) in [6.07, 6.45) is 1.12. The molecule has 1 aliphatic rings. The van der Waals surface area contributed by atoms with Crippen molar-refractivity contribution in [3.63, 3.8) is 0 Å². The van der Waals surface area contributed by atoms with Crippen molar-refractivity contribution in [3.05, 3.63) is 83.9 Å². The van der Waals surface area contributed by atoms with Gasteiger partial charge in [-0.15, -0.1) is 0 Å². The lowest BCUT2D eigenvalue weighted by Gasteiger charge is -2.36. The molecule has 0 spiro atoms. The molecule has 1 fully saturated rings. The van der Waals surface area contributed by atoms with Crippen LogP contribution >= 0.6 is 0 Å². The quantitative estimate of drug-likeness (QED) is 0.529. The second kappa shape index (κ2) is 10.7. The van der Waals surface area contributed by atoms with Gasteiger partial charge in [0.2, 0.25) is 5.91 Å². The monoisotopic (exact) mass is 459 g/mol. The van der Waals surface area contributed by atoms with Crippen LogP contribution in [-0.2, 0) is 17.8 Å². The highest BCUT2D eigenvalue weighted by molar-refractivity contribution is 5.95. The van der Waals surface area contributed by atoms with E-state index < -0.39 is 0 Å². The van der Waals surface area contributed by atoms with Gasteiger partial charge >= 0.3 is 6.03 Å². The van der Waals surface area contributed by atoms with Gasteiger partial charge in [-0.05, 0) is 60.0 Å². The third-order valence-electron chi connectivity index (χ3n) is 5.78. The molecule has 1 saturated heterocycles. The maximum absolute atomic E-state index is 13.2. The van der Waals surface area contributed by atoms with Crippen LogP contribution in [0.25, 0.3) is 0 Å². The van der Waals surface area contributed by atoms with Crippen LogP contribution in [0.15, 0.2) is 72.8 Å². The zero-order valence-corrected chi connectivity index (χ0v) is 19.5. The lowest BCUT2D eigenvalue weighted by Crippen LogP contribution is -2.49. The van der Waals surface area contributed by atoms with Gasteiger partial charge in [0.15, 0.2) is 0 Å². The van der Waals surface area contributed by atoms with Crippen LogP contribution < -0.4 is 19.7 Å². The van der Waals surface area contributed by atoms with E-state index in [9.17, 15) is 9.59 Å². The number of nitrogens with zero attached hydrogens (tertiary/aromatic N) is 2. The third-order valence-corrected chi connectivity index (χ3v) is 5.78. The summed E-state index contributed by atoms with van der Waals surface area (Å²) in [5, 5.41) is 2.94. The Bertz CT molecular complexity index is 1150. The van der Waals surface area contributed by atoms with Gasteiger partial charge in [0.1, 0.15) is 11.5 Å². The first-order valence-corrected chi connectivity index (χ1v) is 11.3. The lowest BCUT2D eigenvalue weighted by atomic mass is 10.1. The van der Waals surface area contributed by atoms with Gasteiger partial charge in [-0.2, -0.15) is 0 Å². The average Bonchev–Trinajstić information content (AvgIpc) is 2.86. The van der Waals surface area contributed by atoms with Crippen molar-refractivity contribution in [2.24, 2.45) is 0 Å². The molecule has 1 aliphatic heterocycles. The Morgan fingerprint density at radius 3 is 2.41 bits per heavy atom. The zero-order valence-electron chi connectivity index (χ0n) is 19.5. The van der Waals surface area contributed by atoms with Crippen LogP contribution in [0.4, 0.5) is 16.2 Å². The van der Waals surface area contributed by atoms with Crippen LogP contribution in [0.3, 0.4) is 0 Å². The molecular weight excluding hydrogens is 430 g/mol. The van der Waals surface area contributed by atoms with Gasteiger partial charge in [0.05, 0.1) is 20.6 Å². The molecule has 0 aliphatic carbocycles. The number of ether oxygens (including phenoxy) is 2. The van der Waals surface area contributed by atoms with Crippen molar-refractivity contribution in [1.29, 1.82) is 0 Å². The zero-order chi connectivity index (χ0) is 23.9. The van der Waals surface area contributed by atoms with Crippen molar-refractivity contribution < 1.29 is 19.1 Å². The number of carbonyl (C=O) groups is 2. The molecule has 3 aromatic rings. The number of anilines is 2. The SMILES string of the molecule is COc1ccc(CC(=O)Nc2cccc(N3CCCN(Cc4cccc(OC)c4)C3=O)c2)cc1. The Labute approximate surface area is 199 Å². The van der Waals surface area contributed by atoms with Crippen LogP contribution in [0.5, 0.6) is 11.5 Å². The van der Waals surface area contributed by atoms with E-state index in [2.05, 4.69) is 5.32 Å². The summed E-state index contributed by atoms with van der Waals surface area (Å²) in [6.45, 7) is 1.85. The molecule has 1 N–H and O–H groups in total. The fourth-order valence-corrected chi connectivity index (χ4v) is 4.04. The Balaban J connectivity index is 1.41. The molecule has 3 amide bonds. The molecular formula is C27H29N3O4. The van der Waals surface area contributed by atoms with Crippen molar-refractivity contribution in [3.8, 4) is 11.5 Å². The first-order valence-electron chi connectivity index (χ1n) is 11.3. The first kappa shape index (κ1) is 23.2. The molecule has 0 saturated carbocycles. The molecule has 0 unspecified atom stereocenters. The van der Waals surface area contributed by atoms with E-state index in [4.69, 9.17) is 9.47 Å². The normalized spacial score (nSPS) is 13.5. The summed E-state index contributed by atoms with van der Waals surface area (Å²) in [5.74, 6) is 1.41. The summed E-state index contributed by atoms with van der Waals surface area (Å²) in [7, 11) is 3.25. The lowest BCUT2D eigenvalue weighted by molar-refractivity contribution is -0.115.